The third-order valence-corrected chi connectivity index (χ3v) is 7.46. The van der Waals surface area contributed by atoms with Crippen LogP contribution in [0, 0.1) is 11.8 Å². The number of imide groups is 1. The molecule has 2 unspecified atom stereocenters. The van der Waals surface area contributed by atoms with Gasteiger partial charge in [-0.25, -0.2) is 4.98 Å². The molecule has 1 aromatic heterocycles. The molecule has 1 aromatic carbocycles. The number of fused-ring (bicyclic) bond motifs is 1. The van der Waals surface area contributed by atoms with Gasteiger partial charge in [0.2, 0.25) is 17.7 Å². The van der Waals surface area contributed by atoms with Gasteiger partial charge in [-0.05, 0) is 24.5 Å². The highest BCUT2D eigenvalue weighted by Gasteiger charge is 2.47. The van der Waals surface area contributed by atoms with Crippen molar-refractivity contribution in [3.8, 4) is 0 Å². The van der Waals surface area contributed by atoms with Gasteiger partial charge in [-0.1, -0.05) is 48.2 Å². The van der Waals surface area contributed by atoms with Crippen LogP contribution in [0.15, 0.2) is 24.4 Å². The molecule has 158 valence electrons. The van der Waals surface area contributed by atoms with Crippen molar-refractivity contribution in [1.82, 2.24) is 9.88 Å². The molecule has 2 heterocycles. The Hall–Kier alpha value is -1.96. The molecule has 2 atom stereocenters. The van der Waals surface area contributed by atoms with Gasteiger partial charge in [-0.3, -0.25) is 19.3 Å². The highest BCUT2D eigenvalue weighted by atomic mass is 35.5. The number of thiazole rings is 1. The first kappa shape index (κ1) is 21.3. The molecule has 1 saturated carbocycles. The summed E-state index contributed by atoms with van der Waals surface area (Å²) in [5, 5.41) is 4.23. The molecule has 1 aliphatic carbocycles. The Morgan fingerprint density at radius 3 is 2.57 bits per heavy atom. The zero-order valence-corrected chi connectivity index (χ0v) is 18.5. The highest BCUT2D eigenvalue weighted by Crippen LogP contribution is 2.38. The zero-order valence-electron chi connectivity index (χ0n) is 16.2. The van der Waals surface area contributed by atoms with Crippen LogP contribution in [-0.2, 0) is 20.8 Å². The number of carbonyl (C=O) groups is 3. The normalized spacial score (nSPS) is 21.1. The minimum atomic E-state index is -0.271. The SMILES string of the molecule is O=C(CCN1C(=O)C2CCCCC2C1=O)Nc1ncc(Cc2cccc(Cl)c2Cl)s1. The molecule has 6 nitrogen and oxygen atoms in total. The van der Waals surface area contributed by atoms with E-state index in [1.165, 1.54) is 16.2 Å². The first-order valence-corrected chi connectivity index (χ1v) is 11.5. The first-order chi connectivity index (χ1) is 14.4. The van der Waals surface area contributed by atoms with Gasteiger partial charge in [0.15, 0.2) is 5.13 Å². The molecule has 1 N–H and O–H groups in total. The average molecular weight is 466 g/mol. The van der Waals surface area contributed by atoms with E-state index in [1.807, 2.05) is 12.1 Å². The fourth-order valence-corrected chi connectivity index (χ4v) is 5.40. The number of anilines is 1. The molecule has 0 radical (unpaired) electrons. The van der Waals surface area contributed by atoms with Gasteiger partial charge >= 0.3 is 0 Å². The summed E-state index contributed by atoms with van der Waals surface area (Å²) in [5.41, 5.74) is 0.887. The van der Waals surface area contributed by atoms with Crippen molar-refractivity contribution in [3.05, 3.63) is 44.9 Å². The number of nitrogens with one attached hydrogen (secondary N) is 1. The molecule has 1 aliphatic heterocycles. The average Bonchev–Trinajstić information content (AvgIpc) is 3.27. The summed E-state index contributed by atoms with van der Waals surface area (Å²) in [6, 6.07) is 5.47. The molecule has 0 bridgehead atoms. The highest BCUT2D eigenvalue weighted by molar-refractivity contribution is 7.15. The molecule has 4 rings (SSSR count). The number of carbonyl (C=O) groups excluding carboxylic acids is 3. The number of aromatic nitrogens is 1. The van der Waals surface area contributed by atoms with E-state index in [0.29, 0.717) is 21.6 Å². The van der Waals surface area contributed by atoms with Crippen molar-refractivity contribution >= 4 is 57.4 Å². The Labute approximate surface area is 188 Å². The van der Waals surface area contributed by atoms with Crippen LogP contribution in [0.2, 0.25) is 10.0 Å². The molecule has 2 aliphatic rings. The third-order valence-electron chi connectivity index (χ3n) is 5.69. The maximum atomic E-state index is 12.5. The van der Waals surface area contributed by atoms with Gasteiger partial charge in [0.1, 0.15) is 0 Å². The number of hydrogen-bond donors (Lipinski definition) is 1. The number of halogens is 2. The summed E-state index contributed by atoms with van der Waals surface area (Å²) in [7, 11) is 0. The summed E-state index contributed by atoms with van der Waals surface area (Å²) in [6.45, 7) is 0.118. The largest absolute Gasteiger partial charge is 0.302 e. The van der Waals surface area contributed by atoms with E-state index in [9.17, 15) is 14.4 Å². The van der Waals surface area contributed by atoms with E-state index in [2.05, 4.69) is 10.3 Å². The summed E-state index contributed by atoms with van der Waals surface area (Å²) < 4.78 is 0. The predicted octanol–water partition coefficient (Wildman–Crippen LogP) is 4.54. The van der Waals surface area contributed by atoms with E-state index in [1.54, 1.807) is 12.3 Å². The monoisotopic (exact) mass is 465 g/mol. The van der Waals surface area contributed by atoms with Gasteiger partial charge in [0.05, 0.1) is 21.9 Å². The summed E-state index contributed by atoms with van der Waals surface area (Å²) in [5.74, 6) is -0.879. The van der Waals surface area contributed by atoms with E-state index >= 15 is 0 Å². The second kappa shape index (κ2) is 9.04. The lowest BCUT2D eigenvalue weighted by atomic mass is 9.81. The van der Waals surface area contributed by atoms with Crippen LogP contribution in [0.5, 0.6) is 0 Å². The second-order valence-electron chi connectivity index (χ2n) is 7.65. The van der Waals surface area contributed by atoms with Crippen molar-refractivity contribution < 1.29 is 14.4 Å². The number of likely N-dealkylation sites (tertiary alicyclic amines) is 1. The Balaban J connectivity index is 1.31. The van der Waals surface area contributed by atoms with Crippen LogP contribution in [0.3, 0.4) is 0 Å². The van der Waals surface area contributed by atoms with Crippen LogP contribution in [0.4, 0.5) is 5.13 Å². The molecule has 1 saturated heterocycles. The number of amides is 3. The maximum absolute atomic E-state index is 12.5. The molecular formula is C21H21Cl2N3O3S. The van der Waals surface area contributed by atoms with E-state index < -0.39 is 0 Å². The molecule has 0 spiro atoms. The first-order valence-electron chi connectivity index (χ1n) is 9.96. The molecule has 9 heteroatoms. The lowest BCUT2D eigenvalue weighted by Crippen LogP contribution is -2.34. The van der Waals surface area contributed by atoms with Crippen molar-refractivity contribution in [2.24, 2.45) is 11.8 Å². The molecule has 30 heavy (non-hydrogen) atoms. The topological polar surface area (TPSA) is 79.4 Å². The summed E-state index contributed by atoms with van der Waals surface area (Å²) in [6.07, 6.45) is 5.84. The smallest absolute Gasteiger partial charge is 0.233 e. The third kappa shape index (κ3) is 4.38. The fourth-order valence-electron chi connectivity index (χ4n) is 4.17. The van der Waals surface area contributed by atoms with Crippen molar-refractivity contribution in [1.29, 1.82) is 0 Å². The number of nitrogens with zero attached hydrogens (tertiary/aromatic N) is 2. The Kier molecular flexibility index (Phi) is 6.41. The maximum Gasteiger partial charge on any atom is 0.233 e. The van der Waals surface area contributed by atoms with Crippen molar-refractivity contribution in [2.75, 3.05) is 11.9 Å². The summed E-state index contributed by atoms with van der Waals surface area (Å²) in [4.78, 5) is 43.8. The van der Waals surface area contributed by atoms with Crippen molar-refractivity contribution in [3.63, 3.8) is 0 Å². The Morgan fingerprint density at radius 2 is 1.87 bits per heavy atom. The van der Waals surface area contributed by atoms with Gasteiger partial charge in [0, 0.05) is 30.5 Å². The quantitative estimate of drug-likeness (QED) is 0.634. The molecule has 2 aromatic rings. The zero-order chi connectivity index (χ0) is 21.3. The minimum Gasteiger partial charge on any atom is -0.302 e. The van der Waals surface area contributed by atoms with Crippen LogP contribution in [0.1, 0.15) is 42.5 Å². The van der Waals surface area contributed by atoms with Gasteiger partial charge in [-0.2, -0.15) is 0 Å². The van der Waals surface area contributed by atoms with Crippen LogP contribution in [-0.4, -0.2) is 34.2 Å². The Morgan fingerprint density at radius 1 is 1.17 bits per heavy atom. The van der Waals surface area contributed by atoms with Gasteiger partial charge in [0.25, 0.3) is 0 Å². The molecule has 3 amide bonds. The van der Waals surface area contributed by atoms with Crippen molar-refractivity contribution in [2.45, 2.75) is 38.5 Å². The van der Waals surface area contributed by atoms with E-state index in [-0.39, 0.29) is 42.5 Å². The molecular weight excluding hydrogens is 445 g/mol. The Bertz CT molecular complexity index is 970. The lowest BCUT2D eigenvalue weighted by molar-refractivity contribution is -0.140. The number of rotatable bonds is 6. The van der Waals surface area contributed by atoms with Gasteiger partial charge in [-0.15, -0.1) is 11.3 Å². The number of hydrogen-bond acceptors (Lipinski definition) is 5. The second-order valence-corrected chi connectivity index (χ2v) is 9.55. The van der Waals surface area contributed by atoms with Gasteiger partial charge < -0.3 is 5.32 Å². The number of benzene rings is 1. The van der Waals surface area contributed by atoms with Crippen LogP contribution < -0.4 is 5.32 Å². The van der Waals surface area contributed by atoms with E-state index in [4.69, 9.17) is 23.2 Å². The van der Waals surface area contributed by atoms with Crippen LogP contribution >= 0.6 is 34.5 Å². The fraction of sp³-hybridized carbons (Fsp3) is 0.429. The lowest BCUT2D eigenvalue weighted by Gasteiger charge is -2.19. The standard InChI is InChI=1S/C21H21Cl2N3O3S/c22-16-7-3-4-12(18(16)23)10-13-11-24-21(30-13)25-17(27)8-9-26-19(28)14-5-1-2-6-15(14)20(26)29/h3-4,7,11,14-15H,1-2,5-6,8-10H2,(H,24,25,27). The minimum absolute atomic E-state index is 0.0615. The predicted molar refractivity (Wildman–Crippen MR) is 117 cm³/mol. The van der Waals surface area contributed by atoms with E-state index in [0.717, 1.165) is 36.1 Å². The molecule has 2 fully saturated rings. The summed E-state index contributed by atoms with van der Waals surface area (Å²) >= 11 is 13.6. The van der Waals surface area contributed by atoms with Crippen LogP contribution in [0.25, 0.3) is 0 Å².